The summed E-state index contributed by atoms with van der Waals surface area (Å²) in [5, 5.41) is 2.79. The number of amides is 1. The van der Waals surface area contributed by atoms with Crippen molar-refractivity contribution in [1.29, 1.82) is 0 Å². The molecule has 0 saturated carbocycles. The highest BCUT2D eigenvalue weighted by molar-refractivity contribution is 5.91. The summed E-state index contributed by atoms with van der Waals surface area (Å²) in [4.78, 5) is 17.5. The minimum absolute atomic E-state index is 0.0810. The van der Waals surface area contributed by atoms with Crippen LogP contribution in [0, 0.1) is 0 Å². The van der Waals surface area contributed by atoms with Gasteiger partial charge in [-0.2, -0.15) is 0 Å². The van der Waals surface area contributed by atoms with Crippen LogP contribution < -0.4 is 10.2 Å². The Kier molecular flexibility index (Phi) is 3.36. The molecule has 5 nitrogen and oxygen atoms in total. The standard InChI is InChI=1S/C11H15N3O2/c1-9(15)13-10-3-2-4-12-11(10)14-5-7-16-8-6-14/h2-4H,5-8H2,1H3,(H,13,15). The molecule has 0 atom stereocenters. The normalized spacial score (nSPS) is 15.9. The van der Waals surface area contributed by atoms with E-state index in [0.717, 1.165) is 24.6 Å². The van der Waals surface area contributed by atoms with Gasteiger partial charge in [0.1, 0.15) is 0 Å². The third-order valence-corrected chi connectivity index (χ3v) is 2.41. The van der Waals surface area contributed by atoms with E-state index in [2.05, 4.69) is 15.2 Å². The molecule has 1 aromatic heterocycles. The summed E-state index contributed by atoms with van der Waals surface area (Å²) in [5.74, 6) is 0.739. The Bertz CT molecular complexity index is 375. The van der Waals surface area contributed by atoms with E-state index in [1.165, 1.54) is 6.92 Å². The molecule has 1 aliphatic heterocycles. The highest BCUT2D eigenvalue weighted by atomic mass is 16.5. The van der Waals surface area contributed by atoms with Crippen LogP contribution >= 0.6 is 0 Å². The number of nitrogens with one attached hydrogen (secondary N) is 1. The summed E-state index contributed by atoms with van der Waals surface area (Å²) >= 11 is 0. The molecule has 5 heteroatoms. The van der Waals surface area contributed by atoms with E-state index in [4.69, 9.17) is 4.74 Å². The van der Waals surface area contributed by atoms with Gasteiger partial charge in [-0.1, -0.05) is 0 Å². The van der Waals surface area contributed by atoms with Gasteiger partial charge in [0.15, 0.2) is 5.82 Å². The topological polar surface area (TPSA) is 54.5 Å². The zero-order valence-electron chi connectivity index (χ0n) is 9.27. The Balaban J connectivity index is 2.20. The molecule has 0 aliphatic carbocycles. The maximum Gasteiger partial charge on any atom is 0.221 e. The zero-order valence-corrected chi connectivity index (χ0v) is 9.27. The van der Waals surface area contributed by atoms with Gasteiger partial charge >= 0.3 is 0 Å². The SMILES string of the molecule is CC(=O)Nc1cccnc1N1CCOCC1. The first-order valence-electron chi connectivity index (χ1n) is 5.32. The number of carbonyl (C=O) groups excluding carboxylic acids is 1. The number of morpholine rings is 1. The molecule has 0 spiro atoms. The van der Waals surface area contributed by atoms with E-state index in [1.807, 2.05) is 12.1 Å². The zero-order chi connectivity index (χ0) is 11.4. The van der Waals surface area contributed by atoms with Gasteiger partial charge in [-0.25, -0.2) is 4.98 Å². The van der Waals surface area contributed by atoms with E-state index < -0.39 is 0 Å². The average Bonchev–Trinajstić information content (AvgIpc) is 2.30. The van der Waals surface area contributed by atoms with Crippen molar-refractivity contribution in [1.82, 2.24) is 4.98 Å². The Morgan fingerprint density at radius 2 is 2.25 bits per heavy atom. The van der Waals surface area contributed by atoms with Crippen molar-refractivity contribution < 1.29 is 9.53 Å². The Labute approximate surface area is 94.4 Å². The lowest BCUT2D eigenvalue weighted by atomic mass is 10.3. The summed E-state index contributed by atoms with van der Waals surface area (Å²) in [6.45, 7) is 4.52. The average molecular weight is 221 g/mol. The number of carbonyl (C=O) groups is 1. The van der Waals surface area contributed by atoms with Gasteiger partial charge in [0, 0.05) is 26.2 Å². The van der Waals surface area contributed by atoms with Gasteiger partial charge in [0.05, 0.1) is 18.9 Å². The largest absolute Gasteiger partial charge is 0.378 e. The molecule has 0 aromatic carbocycles. The molecule has 1 amide bonds. The van der Waals surface area contributed by atoms with Gasteiger partial charge in [0.25, 0.3) is 0 Å². The maximum atomic E-state index is 11.1. The molecular formula is C11H15N3O2. The minimum Gasteiger partial charge on any atom is -0.378 e. The summed E-state index contributed by atoms with van der Waals surface area (Å²) in [6.07, 6.45) is 1.73. The van der Waals surface area contributed by atoms with Crippen molar-refractivity contribution in [2.75, 3.05) is 36.5 Å². The Hall–Kier alpha value is -1.62. The van der Waals surface area contributed by atoms with Crippen LogP contribution in [0.2, 0.25) is 0 Å². The molecule has 86 valence electrons. The number of rotatable bonds is 2. The Morgan fingerprint density at radius 1 is 1.50 bits per heavy atom. The van der Waals surface area contributed by atoms with Crippen molar-refractivity contribution in [2.45, 2.75) is 6.92 Å². The predicted octanol–water partition coefficient (Wildman–Crippen LogP) is 0.877. The summed E-state index contributed by atoms with van der Waals surface area (Å²) in [7, 11) is 0. The number of hydrogen-bond donors (Lipinski definition) is 1. The molecule has 0 radical (unpaired) electrons. The monoisotopic (exact) mass is 221 g/mol. The van der Waals surface area contributed by atoms with E-state index in [1.54, 1.807) is 6.20 Å². The molecule has 1 fully saturated rings. The first-order chi connectivity index (χ1) is 7.77. The Morgan fingerprint density at radius 3 is 2.94 bits per heavy atom. The van der Waals surface area contributed by atoms with Crippen LogP contribution in [0.4, 0.5) is 11.5 Å². The minimum atomic E-state index is -0.0810. The number of hydrogen-bond acceptors (Lipinski definition) is 4. The lowest BCUT2D eigenvalue weighted by molar-refractivity contribution is -0.114. The molecule has 0 unspecified atom stereocenters. The second-order valence-electron chi connectivity index (χ2n) is 3.66. The van der Waals surface area contributed by atoms with Gasteiger partial charge in [0.2, 0.25) is 5.91 Å². The van der Waals surface area contributed by atoms with E-state index in [-0.39, 0.29) is 5.91 Å². The smallest absolute Gasteiger partial charge is 0.221 e. The molecule has 2 heterocycles. The van der Waals surface area contributed by atoms with Crippen molar-refractivity contribution in [3.05, 3.63) is 18.3 Å². The third kappa shape index (κ3) is 2.49. The van der Waals surface area contributed by atoms with Crippen LogP contribution in [0.1, 0.15) is 6.92 Å². The van der Waals surface area contributed by atoms with E-state index >= 15 is 0 Å². The highest BCUT2D eigenvalue weighted by Crippen LogP contribution is 2.23. The van der Waals surface area contributed by atoms with Crippen molar-refractivity contribution in [3.8, 4) is 0 Å². The molecule has 2 rings (SSSR count). The molecule has 1 aliphatic rings. The van der Waals surface area contributed by atoms with Crippen LogP contribution in [-0.4, -0.2) is 37.2 Å². The van der Waals surface area contributed by atoms with E-state index in [0.29, 0.717) is 13.2 Å². The second-order valence-corrected chi connectivity index (χ2v) is 3.66. The van der Waals surface area contributed by atoms with Crippen LogP contribution in [-0.2, 0) is 9.53 Å². The molecule has 1 N–H and O–H groups in total. The summed E-state index contributed by atoms with van der Waals surface area (Å²) in [6, 6.07) is 3.68. The fourth-order valence-electron chi connectivity index (χ4n) is 1.71. The molecule has 1 aromatic rings. The van der Waals surface area contributed by atoms with Gasteiger partial charge in [-0.3, -0.25) is 4.79 Å². The lowest BCUT2D eigenvalue weighted by Gasteiger charge is -2.29. The number of aromatic nitrogens is 1. The molecule has 0 bridgehead atoms. The van der Waals surface area contributed by atoms with Crippen molar-refractivity contribution in [3.63, 3.8) is 0 Å². The van der Waals surface area contributed by atoms with Crippen LogP contribution in [0.3, 0.4) is 0 Å². The molecule has 1 saturated heterocycles. The van der Waals surface area contributed by atoms with Crippen molar-refractivity contribution in [2.24, 2.45) is 0 Å². The first kappa shape index (κ1) is 10.9. The number of anilines is 2. The fraction of sp³-hybridized carbons (Fsp3) is 0.455. The van der Waals surface area contributed by atoms with E-state index in [9.17, 15) is 4.79 Å². The quantitative estimate of drug-likeness (QED) is 0.805. The molecular weight excluding hydrogens is 206 g/mol. The van der Waals surface area contributed by atoms with Gasteiger partial charge in [-0.05, 0) is 12.1 Å². The lowest BCUT2D eigenvalue weighted by Crippen LogP contribution is -2.37. The second kappa shape index (κ2) is 4.94. The summed E-state index contributed by atoms with van der Waals surface area (Å²) < 4.78 is 5.29. The first-order valence-corrected chi connectivity index (χ1v) is 5.32. The third-order valence-electron chi connectivity index (χ3n) is 2.41. The maximum absolute atomic E-state index is 11.1. The predicted molar refractivity (Wildman–Crippen MR) is 61.6 cm³/mol. The fourth-order valence-corrected chi connectivity index (χ4v) is 1.71. The molecule has 16 heavy (non-hydrogen) atoms. The van der Waals surface area contributed by atoms with Crippen molar-refractivity contribution >= 4 is 17.4 Å². The highest BCUT2D eigenvalue weighted by Gasteiger charge is 2.15. The van der Waals surface area contributed by atoms with Crippen LogP contribution in [0.15, 0.2) is 18.3 Å². The number of nitrogens with zero attached hydrogens (tertiary/aromatic N) is 2. The van der Waals surface area contributed by atoms with Crippen LogP contribution in [0.5, 0.6) is 0 Å². The number of pyridine rings is 1. The van der Waals surface area contributed by atoms with Gasteiger partial charge in [-0.15, -0.1) is 0 Å². The number of ether oxygens (including phenoxy) is 1. The summed E-state index contributed by atoms with van der Waals surface area (Å²) in [5.41, 5.74) is 0.761. The van der Waals surface area contributed by atoms with Gasteiger partial charge < -0.3 is 15.0 Å². The van der Waals surface area contributed by atoms with Crippen LogP contribution in [0.25, 0.3) is 0 Å².